The standard InChI is InChI=1S/C12H14BrN3S2/c1-3-11-15-12(18-16-11)17-10-5-4-8(7(2)14)6-9(10)13/h4-7H,3,14H2,1-2H3. The number of nitrogens with two attached hydrogens (primary N) is 1. The molecule has 1 atom stereocenters. The van der Waals surface area contributed by atoms with Gasteiger partial charge in [-0.3, -0.25) is 0 Å². The minimum atomic E-state index is 0.0496. The average molecular weight is 344 g/mol. The summed E-state index contributed by atoms with van der Waals surface area (Å²) in [5.41, 5.74) is 6.98. The van der Waals surface area contributed by atoms with Gasteiger partial charge in [0.1, 0.15) is 5.82 Å². The summed E-state index contributed by atoms with van der Waals surface area (Å²) in [7, 11) is 0. The fourth-order valence-corrected chi connectivity index (χ4v) is 3.70. The SMILES string of the molecule is CCc1nsc(Sc2ccc(C(C)N)cc2Br)n1. The van der Waals surface area contributed by atoms with Gasteiger partial charge in [-0.2, -0.15) is 4.37 Å². The molecule has 1 unspecified atom stereocenters. The van der Waals surface area contributed by atoms with Gasteiger partial charge in [0.2, 0.25) is 0 Å². The fourth-order valence-electron chi connectivity index (χ4n) is 1.40. The Bertz CT molecular complexity index is 540. The predicted molar refractivity (Wildman–Crippen MR) is 80.2 cm³/mol. The molecule has 0 amide bonds. The van der Waals surface area contributed by atoms with Crippen molar-refractivity contribution in [3.05, 3.63) is 34.1 Å². The largest absolute Gasteiger partial charge is 0.324 e. The molecule has 18 heavy (non-hydrogen) atoms. The Morgan fingerprint density at radius 1 is 1.50 bits per heavy atom. The van der Waals surface area contributed by atoms with E-state index in [4.69, 9.17) is 5.73 Å². The Balaban J connectivity index is 2.19. The molecule has 0 aliphatic carbocycles. The summed E-state index contributed by atoms with van der Waals surface area (Å²) in [5.74, 6) is 0.908. The molecule has 0 saturated carbocycles. The van der Waals surface area contributed by atoms with Gasteiger partial charge in [0.15, 0.2) is 4.34 Å². The van der Waals surface area contributed by atoms with E-state index in [2.05, 4.69) is 50.4 Å². The van der Waals surface area contributed by atoms with E-state index in [0.29, 0.717) is 0 Å². The molecule has 1 heterocycles. The second-order valence-electron chi connectivity index (χ2n) is 3.91. The van der Waals surface area contributed by atoms with E-state index in [-0.39, 0.29) is 6.04 Å². The second kappa shape index (κ2) is 6.14. The van der Waals surface area contributed by atoms with Gasteiger partial charge < -0.3 is 5.73 Å². The first-order valence-corrected chi connectivity index (χ1v) is 8.04. The Hall–Kier alpha value is -0.430. The highest BCUT2D eigenvalue weighted by Crippen LogP contribution is 2.35. The van der Waals surface area contributed by atoms with Crippen LogP contribution in [0.2, 0.25) is 0 Å². The Kier molecular flexibility index (Phi) is 4.77. The normalized spacial score (nSPS) is 12.7. The number of hydrogen-bond acceptors (Lipinski definition) is 5. The van der Waals surface area contributed by atoms with Crippen LogP contribution in [0.1, 0.15) is 31.3 Å². The molecule has 0 aliphatic rings. The highest BCUT2D eigenvalue weighted by molar-refractivity contribution is 9.10. The smallest absolute Gasteiger partial charge is 0.174 e. The molecule has 2 rings (SSSR count). The molecular weight excluding hydrogens is 330 g/mol. The van der Waals surface area contributed by atoms with Crippen molar-refractivity contribution in [2.75, 3.05) is 0 Å². The Morgan fingerprint density at radius 2 is 2.28 bits per heavy atom. The number of halogens is 1. The van der Waals surface area contributed by atoms with Crippen molar-refractivity contribution in [1.82, 2.24) is 9.36 Å². The van der Waals surface area contributed by atoms with E-state index in [1.165, 1.54) is 11.5 Å². The maximum atomic E-state index is 5.86. The summed E-state index contributed by atoms with van der Waals surface area (Å²) in [5, 5.41) is 0. The van der Waals surface area contributed by atoms with Crippen LogP contribution in [0.15, 0.2) is 31.9 Å². The average Bonchev–Trinajstić information content (AvgIpc) is 2.79. The predicted octanol–water partition coefficient (Wildman–Crippen LogP) is 4.03. The highest BCUT2D eigenvalue weighted by Gasteiger charge is 2.09. The lowest BCUT2D eigenvalue weighted by atomic mass is 10.1. The highest BCUT2D eigenvalue weighted by atomic mass is 79.9. The Labute approximate surface area is 123 Å². The third-order valence-electron chi connectivity index (χ3n) is 2.44. The van der Waals surface area contributed by atoms with Gasteiger partial charge in [0.25, 0.3) is 0 Å². The van der Waals surface area contributed by atoms with Gasteiger partial charge in [-0.05, 0) is 52.1 Å². The van der Waals surface area contributed by atoms with Crippen molar-refractivity contribution in [2.24, 2.45) is 5.73 Å². The zero-order valence-electron chi connectivity index (χ0n) is 10.2. The van der Waals surface area contributed by atoms with E-state index in [1.807, 2.05) is 6.92 Å². The zero-order chi connectivity index (χ0) is 13.1. The molecule has 1 aromatic carbocycles. The molecule has 0 spiro atoms. The van der Waals surface area contributed by atoms with Crippen molar-refractivity contribution in [3.8, 4) is 0 Å². The van der Waals surface area contributed by atoms with Gasteiger partial charge >= 0.3 is 0 Å². The number of benzene rings is 1. The lowest BCUT2D eigenvalue weighted by Gasteiger charge is -2.08. The molecule has 2 aromatic rings. The molecule has 1 aromatic heterocycles. The van der Waals surface area contributed by atoms with E-state index >= 15 is 0 Å². The van der Waals surface area contributed by atoms with Gasteiger partial charge in [-0.25, -0.2) is 4.98 Å². The van der Waals surface area contributed by atoms with E-state index in [9.17, 15) is 0 Å². The molecule has 0 aliphatic heterocycles. The summed E-state index contributed by atoms with van der Waals surface area (Å²) in [6, 6.07) is 6.24. The van der Waals surface area contributed by atoms with Crippen LogP contribution in [-0.4, -0.2) is 9.36 Å². The molecule has 0 bridgehead atoms. The topological polar surface area (TPSA) is 51.8 Å². The molecule has 96 valence electrons. The lowest BCUT2D eigenvalue weighted by molar-refractivity contribution is 0.815. The minimum absolute atomic E-state index is 0.0496. The zero-order valence-corrected chi connectivity index (χ0v) is 13.4. The van der Waals surface area contributed by atoms with Crippen LogP contribution in [0.4, 0.5) is 0 Å². The first-order chi connectivity index (χ1) is 8.60. The molecule has 2 N–H and O–H groups in total. The van der Waals surface area contributed by atoms with Crippen LogP contribution in [0.5, 0.6) is 0 Å². The van der Waals surface area contributed by atoms with Crippen molar-refractivity contribution in [2.45, 2.75) is 35.5 Å². The number of aryl methyl sites for hydroxylation is 1. The van der Waals surface area contributed by atoms with E-state index in [1.54, 1.807) is 11.8 Å². The molecular formula is C12H14BrN3S2. The number of hydrogen-bond donors (Lipinski definition) is 1. The fraction of sp³-hybridized carbons (Fsp3) is 0.333. The summed E-state index contributed by atoms with van der Waals surface area (Å²) < 4.78 is 6.31. The summed E-state index contributed by atoms with van der Waals surface area (Å²) >= 11 is 6.65. The van der Waals surface area contributed by atoms with Crippen LogP contribution in [0, 0.1) is 0 Å². The molecule has 3 nitrogen and oxygen atoms in total. The van der Waals surface area contributed by atoms with Gasteiger partial charge in [-0.1, -0.05) is 24.8 Å². The van der Waals surface area contributed by atoms with Crippen molar-refractivity contribution in [3.63, 3.8) is 0 Å². The maximum absolute atomic E-state index is 5.86. The number of nitrogens with zero attached hydrogens (tertiary/aromatic N) is 2. The lowest BCUT2D eigenvalue weighted by Crippen LogP contribution is -2.04. The van der Waals surface area contributed by atoms with Gasteiger partial charge in [0, 0.05) is 21.8 Å². The number of aromatic nitrogens is 2. The first kappa shape index (κ1) is 14.0. The van der Waals surface area contributed by atoms with Gasteiger partial charge in [0.05, 0.1) is 0 Å². The minimum Gasteiger partial charge on any atom is -0.324 e. The molecule has 0 fully saturated rings. The van der Waals surface area contributed by atoms with Crippen LogP contribution in [-0.2, 0) is 6.42 Å². The quantitative estimate of drug-likeness (QED) is 0.910. The maximum Gasteiger partial charge on any atom is 0.174 e. The van der Waals surface area contributed by atoms with Crippen molar-refractivity contribution < 1.29 is 0 Å². The van der Waals surface area contributed by atoms with Crippen LogP contribution in [0.3, 0.4) is 0 Å². The van der Waals surface area contributed by atoms with Crippen molar-refractivity contribution in [1.29, 1.82) is 0 Å². The summed E-state index contributed by atoms with van der Waals surface area (Å²) in [6.45, 7) is 4.04. The number of rotatable bonds is 4. The van der Waals surface area contributed by atoms with E-state index in [0.717, 1.165) is 31.5 Å². The van der Waals surface area contributed by atoms with Crippen molar-refractivity contribution >= 4 is 39.2 Å². The summed E-state index contributed by atoms with van der Waals surface area (Å²) in [6.07, 6.45) is 0.877. The van der Waals surface area contributed by atoms with Crippen LogP contribution < -0.4 is 5.73 Å². The monoisotopic (exact) mass is 343 g/mol. The molecule has 6 heteroatoms. The second-order valence-corrected chi connectivity index (χ2v) is 6.81. The first-order valence-electron chi connectivity index (χ1n) is 5.65. The summed E-state index contributed by atoms with van der Waals surface area (Å²) in [4.78, 5) is 5.58. The third kappa shape index (κ3) is 3.32. The molecule has 0 saturated heterocycles. The van der Waals surface area contributed by atoms with E-state index < -0.39 is 0 Å². The van der Waals surface area contributed by atoms with Crippen LogP contribution >= 0.6 is 39.2 Å². The molecule has 0 radical (unpaired) electrons. The van der Waals surface area contributed by atoms with Crippen LogP contribution in [0.25, 0.3) is 0 Å². The third-order valence-corrected chi connectivity index (χ3v) is 5.23. The van der Waals surface area contributed by atoms with Gasteiger partial charge in [-0.15, -0.1) is 0 Å². The Morgan fingerprint density at radius 3 is 2.83 bits per heavy atom.